The van der Waals surface area contributed by atoms with E-state index in [1.165, 1.54) is 11.3 Å². The molecule has 1 aromatic carbocycles. The number of methoxy groups -OCH3 is 1. The number of hydrogen-bond donors (Lipinski definition) is 2. The molecule has 0 aliphatic heterocycles. The molecule has 0 aliphatic carbocycles. The summed E-state index contributed by atoms with van der Waals surface area (Å²) in [5, 5.41) is 3.42. The number of benzene rings is 1. The van der Waals surface area contributed by atoms with Crippen molar-refractivity contribution in [3.63, 3.8) is 0 Å². The number of rotatable bonds is 7. The van der Waals surface area contributed by atoms with Crippen LogP contribution in [0, 0.1) is 0 Å². The fraction of sp³-hybridized carbons (Fsp3) is 0.333. The summed E-state index contributed by atoms with van der Waals surface area (Å²) in [7, 11) is 1.60. The number of nitrogen functional groups attached to an aromatic ring is 1. The molecular formula is C15H21ClN4O2S. The first kappa shape index (κ1) is 19.2. The van der Waals surface area contributed by atoms with Crippen LogP contribution in [0.5, 0.6) is 5.75 Å². The van der Waals surface area contributed by atoms with Gasteiger partial charge in [-0.2, -0.15) is 0 Å². The Bertz CT molecular complexity index is 635. The molecule has 0 radical (unpaired) electrons. The highest BCUT2D eigenvalue weighted by molar-refractivity contribution is 7.15. The Morgan fingerprint density at radius 1 is 1.48 bits per heavy atom. The van der Waals surface area contributed by atoms with Gasteiger partial charge in [0.2, 0.25) is 5.91 Å². The van der Waals surface area contributed by atoms with Crippen LogP contribution in [-0.2, 0) is 11.3 Å². The predicted molar refractivity (Wildman–Crippen MR) is 96.3 cm³/mol. The largest absolute Gasteiger partial charge is 0.497 e. The number of anilines is 2. The second kappa shape index (κ2) is 9.34. The molecule has 0 aliphatic rings. The summed E-state index contributed by atoms with van der Waals surface area (Å²) in [6.45, 7) is 3.76. The van der Waals surface area contributed by atoms with Crippen molar-refractivity contribution in [2.45, 2.75) is 13.5 Å². The van der Waals surface area contributed by atoms with Crippen molar-refractivity contribution in [3.8, 4) is 5.75 Å². The van der Waals surface area contributed by atoms with Crippen molar-refractivity contribution in [1.29, 1.82) is 0 Å². The van der Waals surface area contributed by atoms with Crippen LogP contribution >= 0.6 is 23.7 Å². The van der Waals surface area contributed by atoms with Gasteiger partial charge in [-0.15, -0.1) is 23.7 Å². The molecule has 126 valence electrons. The summed E-state index contributed by atoms with van der Waals surface area (Å²) in [6.07, 6.45) is 1.75. The molecule has 0 fully saturated rings. The highest BCUT2D eigenvalue weighted by Gasteiger charge is 2.11. The number of hydrogen-bond acceptors (Lipinski definition) is 6. The quantitative estimate of drug-likeness (QED) is 0.797. The number of thiazole rings is 1. The minimum absolute atomic E-state index is 0. The van der Waals surface area contributed by atoms with Gasteiger partial charge in [-0.05, 0) is 18.7 Å². The Balaban J connectivity index is 0.00000264. The molecule has 23 heavy (non-hydrogen) atoms. The van der Waals surface area contributed by atoms with E-state index in [4.69, 9.17) is 10.5 Å². The third-order valence-electron chi connectivity index (χ3n) is 3.12. The minimum atomic E-state index is -0.0624. The van der Waals surface area contributed by atoms with E-state index in [1.807, 2.05) is 30.0 Å². The molecule has 0 saturated carbocycles. The van der Waals surface area contributed by atoms with E-state index in [1.54, 1.807) is 19.4 Å². The van der Waals surface area contributed by atoms with E-state index in [2.05, 4.69) is 10.3 Å². The molecule has 0 bridgehead atoms. The molecule has 1 aromatic heterocycles. The van der Waals surface area contributed by atoms with Gasteiger partial charge in [-0.3, -0.25) is 9.69 Å². The molecule has 6 nitrogen and oxygen atoms in total. The lowest BCUT2D eigenvalue weighted by molar-refractivity contribution is -0.117. The maximum Gasteiger partial charge on any atom is 0.238 e. The minimum Gasteiger partial charge on any atom is -0.497 e. The maximum atomic E-state index is 12.1. The van der Waals surface area contributed by atoms with Crippen LogP contribution < -0.4 is 15.8 Å². The number of likely N-dealkylation sites (N-methyl/N-ethyl adjacent to an activating group) is 1. The van der Waals surface area contributed by atoms with Gasteiger partial charge >= 0.3 is 0 Å². The number of aromatic nitrogens is 1. The standard InChI is InChI=1S/C15H20N4O2S.ClH/c1-3-19(9-13-8-17-15(16)22-13)10-14(20)18-11-5-4-6-12(7-11)21-2;/h4-8H,3,9-10H2,1-2H3,(H2,16,17)(H,18,20);1H. The highest BCUT2D eigenvalue weighted by atomic mass is 35.5. The first-order valence-electron chi connectivity index (χ1n) is 6.97. The van der Waals surface area contributed by atoms with Gasteiger partial charge in [-0.25, -0.2) is 4.98 Å². The van der Waals surface area contributed by atoms with Gasteiger partial charge in [0.1, 0.15) is 5.75 Å². The predicted octanol–water partition coefficient (Wildman–Crippen LogP) is 2.62. The molecule has 3 N–H and O–H groups in total. The molecule has 2 aromatic rings. The van der Waals surface area contributed by atoms with E-state index >= 15 is 0 Å². The van der Waals surface area contributed by atoms with Crippen LogP contribution in [0.2, 0.25) is 0 Å². The van der Waals surface area contributed by atoms with Gasteiger partial charge < -0.3 is 15.8 Å². The van der Waals surface area contributed by atoms with Gasteiger partial charge in [0.15, 0.2) is 5.13 Å². The number of ether oxygens (including phenoxy) is 1. The molecule has 1 heterocycles. The average Bonchev–Trinajstić information content (AvgIpc) is 2.91. The van der Waals surface area contributed by atoms with Crippen LogP contribution in [0.25, 0.3) is 0 Å². The van der Waals surface area contributed by atoms with Crippen molar-refractivity contribution < 1.29 is 9.53 Å². The number of halogens is 1. The highest BCUT2D eigenvalue weighted by Crippen LogP contribution is 2.18. The third-order valence-corrected chi connectivity index (χ3v) is 3.93. The molecule has 0 spiro atoms. The average molecular weight is 357 g/mol. The summed E-state index contributed by atoms with van der Waals surface area (Å²) in [5.74, 6) is 0.651. The second-order valence-electron chi connectivity index (χ2n) is 4.75. The number of nitrogens with zero attached hydrogens (tertiary/aromatic N) is 2. The zero-order valence-electron chi connectivity index (χ0n) is 13.1. The van der Waals surface area contributed by atoms with Crippen LogP contribution in [0.3, 0.4) is 0 Å². The number of carbonyl (C=O) groups excluding carboxylic acids is 1. The first-order chi connectivity index (χ1) is 10.6. The van der Waals surface area contributed by atoms with Crippen molar-refractivity contribution in [1.82, 2.24) is 9.88 Å². The van der Waals surface area contributed by atoms with Gasteiger partial charge in [-0.1, -0.05) is 13.0 Å². The summed E-state index contributed by atoms with van der Waals surface area (Å²) in [6, 6.07) is 7.30. The lowest BCUT2D eigenvalue weighted by atomic mass is 10.3. The SMILES string of the molecule is CCN(CC(=O)Nc1cccc(OC)c1)Cc1cnc(N)s1.Cl. The lowest BCUT2D eigenvalue weighted by Gasteiger charge is -2.18. The number of nitrogens with two attached hydrogens (primary N) is 1. The van der Waals surface area contributed by atoms with E-state index in [-0.39, 0.29) is 18.3 Å². The smallest absolute Gasteiger partial charge is 0.238 e. The summed E-state index contributed by atoms with van der Waals surface area (Å²) < 4.78 is 5.14. The van der Waals surface area contributed by atoms with Gasteiger partial charge in [0.05, 0.1) is 13.7 Å². The Labute approximate surface area is 146 Å². The second-order valence-corrected chi connectivity index (χ2v) is 5.89. The zero-order chi connectivity index (χ0) is 15.9. The van der Waals surface area contributed by atoms with Crippen LogP contribution in [0.15, 0.2) is 30.5 Å². The lowest BCUT2D eigenvalue weighted by Crippen LogP contribution is -2.32. The van der Waals surface area contributed by atoms with Crippen molar-refractivity contribution in [2.24, 2.45) is 0 Å². The molecule has 1 amide bonds. The Morgan fingerprint density at radius 3 is 2.87 bits per heavy atom. The molecule has 0 atom stereocenters. The Hall–Kier alpha value is -1.83. The number of nitrogens with one attached hydrogen (secondary N) is 1. The summed E-state index contributed by atoms with van der Waals surface area (Å²) in [5.41, 5.74) is 6.35. The molecule has 2 rings (SSSR count). The Kier molecular flexibility index (Phi) is 7.80. The number of carbonyl (C=O) groups is 1. The molecule has 0 saturated heterocycles. The van der Waals surface area contributed by atoms with Gasteiger partial charge in [0, 0.05) is 29.4 Å². The Morgan fingerprint density at radius 2 is 2.26 bits per heavy atom. The monoisotopic (exact) mass is 356 g/mol. The normalized spacial score (nSPS) is 10.2. The van der Waals surface area contributed by atoms with Gasteiger partial charge in [0.25, 0.3) is 0 Å². The fourth-order valence-corrected chi connectivity index (χ4v) is 2.73. The topological polar surface area (TPSA) is 80.5 Å². The summed E-state index contributed by atoms with van der Waals surface area (Å²) in [4.78, 5) is 19.3. The van der Waals surface area contributed by atoms with Crippen LogP contribution in [0.4, 0.5) is 10.8 Å². The van der Waals surface area contributed by atoms with E-state index in [0.717, 1.165) is 17.1 Å². The zero-order valence-corrected chi connectivity index (χ0v) is 14.7. The van der Waals surface area contributed by atoms with Crippen LogP contribution in [0.1, 0.15) is 11.8 Å². The third kappa shape index (κ3) is 6.05. The van der Waals surface area contributed by atoms with Crippen molar-refractivity contribution in [2.75, 3.05) is 31.2 Å². The van der Waals surface area contributed by atoms with E-state index in [9.17, 15) is 4.79 Å². The first-order valence-corrected chi connectivity index (χ1v) is 7.78. The molecule has 8 heteroatoms. The molecule has 0 unspecified atom stereocenters. The van der Waals surface area contributed by atoms with Crippen molar-refractivity contribution in [3.05, 3.63) is 35.3 Å². The van der Waals surface area contributed by atoms with Crippen LogP contribution in [-0.4, -0.2) is 36.0 Å². The van der Waals surface area contributed by atoms with E-state index < -0.39 is 0 Å². The fourth-order valence-electron chi connectivity index (χ4n) is 2.00. The molecular weight excluding hydrogens is 336 g/mol. The maximum absolute atomic E-state index is 12.1. The van der Waals surface area contributed by atoms with E-state index in [0.29, 0.717) is 24.0 Å². The number of amides is 1. The summed E-state index contributed by atoms with van der Waals surface area (Å²) >= 11 is 1.44. The van der Waals surface area contributed by atoms with Crippen molar-refractivity contribution >= 4 is 40.5 Å².